The summed E-state index contributed by atoms with van der Waals surface area (Å²) in [5, 5.41) is 3.63. The molecule has 0 unspecified atom stereocenters. The van der Waals surface area contributed by atoms with E-state index < -0.39 is 0 Å². The number of nitrogens with one attached hydrogen (secondary N) is 1. The van der Waals surface area contributed by atoms with Crippen LogP contribution in [0.15, 0.2) is 3.58 Å². The lowest BCUT2D eigenvalue weighted by Crippen LogP contribution is -2.37. The van der Waals surface area contributed by atoms with Crippen molar-refractivity contribution in [3.63, 3.8) is 0 Å². The molecule has 0 atom stereocenters. The summed E-state index contributed by atoms with van der Waals surface area (Å²) in [5.41, 5.74) is 1.28. The lowest BCUT2D eigenvalue weighted by atomic mass is 10.1. The van der Waals surface area contributed by atoms with E-state index in [1.54, 1.807) is 7.11 Å². The highest BCUT2D eigenvalue weighted by molar-refractivity contribution is 14.1. The molecule has 124 valence electrons. The highest BCUT2D eigenvalue weighted by Gasteiger charge is 2.19. The van der Waals surface area contributed by atoms with Crippen molar-refractivity contribution in [2.24, 2.45) is 0 Å². The fourth-order valence-corrected chi connectivity index (χ4v) is 3.26. The Morgan fingerprint density at radius 2 is 2.22 bits per heavy atom. The average molecular weight is 447 g/mol. The summed E-state index contributed by atoms with van der Waals surface area (Å²) >= 11 is 8.28. The Balaban J connectivity index is 2.27. The predicted molar refractivity (Wildman–Crippen MR) is 103 cm³/mol. The number of halogens is 2. The first-order chi connectivity index (χ1) is 11.0. The van der Waals surface area contributed by atoms with E-state index >= 15 is 0 Å². The van der Waals surface area contributed by atoms with Crippen molar-refractivity contribution in [2.75, 3.05) is 39.2 Å². The van der Waals surface area contributed by atoms with Gasteiger partial charge < -0.3 is 15.0 Å². The third kappa shape index (κ3) is 5.31. The number of anilines is 1. The van der Waals surface area contributed by atoms with Crippen molar-refractivity contribution in [1.82, 2.24) is 14.9 Å². The van der Waals surface area contributed by atoms with E-state index in [2.05, 4.69) is 55.7 Å². The lowest BCUT2D eigenvalue weighted by molar-refractivity contribution is 0.233. The number of methoxy groups -OCH3 is 1. The van der Waals surface area contributed by atoms with Gasteiger partial charge in [-0.1, -0.05) is 5.92 Å². The molecule has 0 amide bonds. The molecule has 0 aliphatic carbocycles. The van der Waals surface area contributed by atoms with Crippen LogP contribution < -0.4 is 5.32 Å². The number of piperidine rings is 1. The summed E-state index contributed by atoms with van der Waals surface area (Å²) in [6.07, 6.45) is 9.68. The Morgan fingerprint density at radius 3 is 2.83 bits per heavy atom. The molecule has 0 bridgehead atoms. The third-order valence-corrected chi connectivity index (χ3v) is 4.48. The van der Waals surface area contributed by atoms with Crippen molar-refractivity contribution >= 4 is 46.1 Å². The molecule has 1 fully saturated rings. The average Bonchev–Trinajstić information content (AvgIpc) is 2.49. The molecule has 0 saturated carbocycles. The van der Waals surface area contributed by atoms with Gasteiger partial charge in [-0.25, -0.2) is 4.98 Å². The van der Waals surface area contributed by atoms with Crippen LogP contribution in [0.5, 0.6) is 0 Å². The van der Waals surface area contributed by atoms with E-state index in [9.17, 15) is 0 Å². The Morgan fingerprint density at radius 1 is 1.52 bits per heavy atom. The summed E-state index contributed by atoms with van der Waals surface area (Å²) in [5.74, 6) is 3.33. The molecule has 1 saturated heterocycles. The fraction of sp³-hybridized carbons (Fsp3) is 0.500. The molecule has 1 aromatic heterocycles. The Labute approximate surface area is 156 Å². The molecule has 0 spiro atoms. The van der Waals surface area contributed by atoms with Crippen molar-refractivity contribution in [3.8, 4) is 12.3 Å². The quantitative estimate of drug-likeness (QED) is 0.428. The first-order valence-corrected chi connectivity index (χ1v) is 8.83. The minimum Gasteiger partial charge on any atom is -0.380 e. The summed E-state index contributed by atoms with van der Waals surface area (Å²) in [4.78, 5) is 10.9. The molecule has 1 N–H and O–H groups in total. The van der Waals surface area contributed by atoms with Crippen LogP contribution in [-0.2, 0) is 4.74 Å². The van der Waals surface area contributed by atoms with Gasteiger partial charge in [0, 0.05) is 16.7 Å². The van der Waals surface area contributed by atoms with Crippen molar-refractivity contribution in [1.29, 1.82) is 0 Å². The largest absolute Gasteiger partial charge is 0.380 e. The maximum atomic E-state index is 6.08. The van der Waals surface area contributed by atoms with Crippen LogP contribution in [0.4, 0.5) is 5.82 Å². The molecule has 7 heteroatoms. The van der Waals surface area contributed by atoms with Gasteiger partial charge in [-0.05, 0) is 73.2 Å². The van der Waals surface area contributed by atoms with Crippen LogP contribution in [0.3, 0.4) is 0 Å². The normalized spacial score (nSPS) is 17.1. The highest BCUT2D eigenvalue weighted by atomic mass is 127. The Kier molecular flexibility index (Phi) is 7.09. The summed E-state index contributed by atoms with van der Waals surface area (Å²) in [6, 6.07) is 0.346. The minimum atomic E-state index is 0.187. The zero-order valence-electron chi connectivity index (χ0n) is 13.3. The van der Waals surface area contributed by atoms with E-state index in [1.165, 1.54) is 0 Å². The fourth-order valence-electron chi connectivity index (χ4n) is 2.48. The number of aromatic nitrogens is 2. The van der Waals surface area contributed by atoms with Gasteiger partial charge >= 0.3 is 0 Å². The lowest BCUT2D eigenvalue weighted by Gasteiger charge is -2.30. The SMILES string of the molecule is C#Cc1c(/C=C(/I)COC)nc(Cl)nc1NC1CCN(C)CC1. The van der Waals surface area contributed by atoms with Crippen LogP contribution in [0.1, 0.15) is 24.1 Å². The molecule has 2 heterocycles. The van der Waals surface area contributed by atoms with E-state index in [0.717, 1.165) is 29.5 Å². The first kappa shape index (κ1) is 18.5. The molecule has 0 aromatic carbocycles. The summed E-state index contributed by atoms with van der Waals surface area (Å²) in [6.45, 7) is 2.62. The van der Waals surface area contributed by atoms with Crippen LogP contribution in [-0.4, -0.2) is 54.8 Å². The van der Waals surface area contributed by atoms with Gasteiger partial charge in [-0.2, -0.15) is 4.98 Å². The molecule has 5 nitrogen and oxygen atoms in total. The second kappa shape index (κ2) is 8.83. The molecule has 1 aliphatic heterocycles. The molecular weight excluding hydrogens is 427 g/mol. The number of nitrogens with zero attached hydrogens (tertiary/aromatic N) is 3. The molecule has 0 radical (unpaired) electrons. The zero-order valence-corrected chi connectivity index (χ0v) is 16.2. The standard InChI is InChI=1S/C16H20ClIN4O/c1-4-13-14(9-11(18)10-23-3)20-16(17)21-15(13)19-12-5-7-22(2)8-6-12/h1,9,12H,5-8,10H2,2-3H3,(H,19,20,21)/b11-9+. The molecule has 1 aliphatic rings. The van der Waals surface area contributed by atoms with Crippen LogP contribution in [0.25, 0.3) is 6.08 Å². The Bertz CT molecular complexity index is 621. The Hall–Kier alpha value is -0.880. The first-order valence-electron chi connectivity index (χ1n) is 7.37. The topological polar surface area (TPSA) is 50.3 Å². The van der Waals surface area contributed by atoms with E-state index in [4.69, 9.17) is 22.8 Å². The number of ether oxygens (including phenoxy) is 1. The number of terminal acetylenes is 1. The van der Waals surface area contributed by atoms with Crippen LogP contribution in [0.2, 0.25) is 5.28 Å². The van der Waals surface area contributed by atoms with E-state index in [-0.39, 0.29) is 5.28 Å². The summed E-state index contributed by atoms with van der Waals surface area (Å²) in [7, 11) is 3.78. The van der Waals surface area contributed by atoms with Crippen molar-refractivity contribution < 1.29 is 4.74 Å². The van der Waals surface area contributed by atoms with Gasteiger partial charge in [0.2, 0.25) is 5.28 Å². The van der Waals surface area contributed by atoms with E-state index in [1.807, 2.05) is 6.08 Å². The van der Waals surface area contributed by atoms with Crippen molar-refractivity contribution in [3.05, 3.63) is 20.1 Å². The molecule has 1 aromatic rings. The second-order valence-electron chi connectivity index (χ2n) is 5.49. The third-order valence-electron chi connectivity index (χ3n) is 3.69. The smallest absolute Gasteiger partial charge is 0.224 e. The van der Waals surface area contributed by atoms with Gasteiger partial charge in [-0.15, -0.1) is 6.42 Å². The highest BCUT2D eigenvalue weighted by Crippen LogP contribution is 2.24. The number of hydrogen-bond acceptors (Lipinski definition) is 5. The maximum absolute atomic E-state index is 6.08. The van der Waals surface area contributed by atoms with Crippen LogP contribution in [0, 0.1) is 12.3 Å². The van der Waals surface area contributed by atoms with Gasteiger partial charge in [0.15, 0.2) is 0 Å². The number of likely N-dealkylation sites (tertiary alicyclic amines) is 1. The zero-order chi connectivity index (χ0) is 16.8. The summed E-state index contributed by atoms with van der Waals surface area (Å²) < 4.78 is 6.10. The van der Waals surface area contributed by atoms with Gasteiger partial charge in [0.25, 0.3) is 0 Å². The van der Waals surface area contributed by atoms with Gasteiger partial charge in [0.1, 0.15) is 5.82 Å². The van der Waals surface area contributed by atoms with Gasteiger partial charge in [0.05, 0.1) is 17.9 Å². The second-order valence-corrected chi connectivity index (χ2v) is 7.22. The molecule has 2 rings (SSSR count). The predicted octanol–water partition coefficient (Wildman–Crippen LogP) is 3.04. The van der Waals surface area contributed by atoms with Gasteiger partial charge in [-0.3, -0.25) is 0 Å². The van der Waals surface area contributed by atoms with Crippen LogP contribution >= 0.6 is 34.2 Å². The number of hydrogen-bond donors (Lipinski definition) is 1. The number of rotatable bonds is 5. The monoisotopic (exact) mass is 446 g/mol. The maximum Gasteiger partial charge on any atom is 0.224 e. The minimum absolute atomic E-state index is 0.187. The van der Waals surface area contributed by atoms with E-state index in [0.29, 0.717) is 29.7 Å². The van der Waals surface area contributed by atoms with Crippen molar-refractivity contribution in [2.45, 2.75) is 18.9 Å². The molecule has 23 heavy (non-hydrogen) atoms. The molecular formula is C16H20ClIN4O.